The van der Waals surface area contributed by atoms with Crippen LogP contribution in [0.4, 0.5) is 14.7 Å². The van der Waals surface area contributed by atoms with Crippen molar-refractivity contribution in [3.63, 3.8) is 0 Å². The Balaban J connectivity index is 1.72. The van der Waals surface area contributed by atoms with Crippen molar-refractivity contribution in [2.24, 2.45) is 10.2 Å². The molecule has 0 aliphatic heterocycles. The lowest BCUT2D eigenvalue weighted by atomic mass is 10.2. The zero-order valence-corrected chi connectivity index (χ0v) is 12.3. The van der Waals surface area contributed by atoms with Crippen molar-refractivity contribution in [2.75, 3.05) is 5.43 Å². The molecule has 120 valence electrons. The van der Waals surface area contributed by atoms with Gasteiger partial charge in [0.15, 0.2) is 0 Å². The molecule has 0 atom stereocenters. The lowest BCUT2D eigenvalue weighted by Crippen LogP contribution is -2.00. The molecule has 0 aliphatic carbocycles. The molecular formula is C16H12F2N6. The molecule has 0 saturated carbocycles. The molecule has 24 heavy (non-hydrogen) atoms. The fourth-order valence-electron chi connectivity index (χ4n) is 1.83. The van der Waals surface area contributed by atoms with Gasteiger partial charge in [0.25, 0.3) is 5.95 Å². The SMILES string of the molecule is Fc1ccccc1C=NNc1nncn1N=Cc1ccccc1F. The third kappa shape index (κ3) is 3.67. The smallest absolute Gasteiger partial charge is 0.244 e. The fourth-order valence-corrected chi connectivity index (χ4v) is 1.83. The van der Waals surface area contributed by atoms with E-state index in [0.717, 1.165) is 0 Å². The van der Waals surface area contributed by atoms with Crippen molar-refractivity contribution in [1.29, 1.82) is 0 Å². The number of hydrazone groups is 1. The van der Waals surface area contributed by atoms with Crippen molar-refractivity contribution >= 4 is 18.4 Å². The topological polar surface area (TPSA) is 67.5 Å². The summed E-state index contributed by atoms with van der Waals surface area (Å²) in [6.07, 6.45) is 3.98. The summed E-state index contributed by atoms with van der Waals surface area (Å²) in [4.78, 5) is 0. The number of benzene rings is 2. The predicted octanol–water partition coefficient (Wildman–Crippen LogP) is 2.88. The van der Waals surface area contributed by atoms with Gasteiger partial charge in [-0.2, -0.15) is 14.9 Å². The molecule has 0 saturated heterocycles. The number of hydrogen-bond acceptors (Lipinski definition) is 5. The van der Waals surface area contributed by atoms with Gasteiger partial charge in [0.05, 0.1) is 12.4 Å². The zero-order valence-electron chi connectivity index (χ0n) is 12.3. The number of anilines is 1. The first-order chi connectivity index (χ1) is 11.7. The van der Waals surface area contributed by atoms with E-state index < -0.39 is 0 Å². The molecule has 3 rings (SSSR count). The molecule has 6 nitrogen and oxygen atoms in total. The van der Waals surface area contributed by atoms with E-state index in [1.807, 2.05) is 0 Å². The molecule has 1 heterocycles. The Bertz CT molecular complexity index is 888. The Labute approximate surface area is 136 Å². The van der Waals surface area contributed by atoms with Gasteiger partial charge in [0.2, 0.25) is 0 Å². The van der Waals surface area contributed by atoms with Crippen LogP contribution in [-0.2, 0) is 0 Å². The number of aromatic nitrogens is 3. The van der Waals surface area contributed by atoms with Crippen molar-refractivity contribution < 1.29 is 8.78 Å². The predicted molar refractivity (Wildman–Crippen MR) is 87.0 cm³/mol. The first-order valence-corrected chi connectivity index (χ1v) is 6.96. The van der Waals surface area contributed by atoms with Crippen LogP contribution < -0.4 is 5.43 Å². The average Bonchev–Trinajstić information content (AvgIpc) is 3.03. The summed E-state index contributed by atoms with van der Waals surface area (Å²) in [6.45, 7) is 0. The van der Waals surface area contributed by atoms with Crippen LogP contribution in [0.2, 0.25) is 0 Å². The van der Waals surface area contributed by atoms with E-state index in [1.54, 1.807) is 36.4 Å². The van der Waals surface area contributed by atoms with E-state index in [2.05, 4.69) is 25.8 Å². The Kier molecular flexibility index (Phi) is 4.66. The van der Waals surface area contributed by atoms with Crippen molar-refractivity contribution in [2.45, 2.75) is 0 Å². The maximum atomic E-state index is 13.5. The van der Waals surface area contributed by atoms with E-state index in [9.17, 15) is 8.78 Å². The van der Waals surface area contributed by atoms with Crippen molar-refractivity contribution in [3.05, 3.63) is 77.6 Å². The van der Waals surface area contributed by atoms with Crippen LogP contribution in [0.25, 0.3) is 0 Å². The summed E-state index contributed by atoms with van der Waals surface area (Å²) >= 11 is 0. The van der Waals surface area contributed by atoms with Gasteiger partial charge >= 0.3 is 0 Å². The number of nitrogens with one attached hydrogen (secondary N) is 1. The molecular weight excluding hydrogens is 314 g/mol. The maximum Gasteiger partial charge on any atom is 0.265 e. The molecule has 2 aromatic carbocycles. The monoisotopic (exact) mass is 326 g/mol. The molecule has 0 bridgehead atoms. The van der Waals surface area contributed by atoms with Crippen LogP contribution in [0.15, 0.2) is 65.1 Å². The molecule has 1 aromatic heterocycles. The number of hydrogen-bond donors (Lipinski definition) is 1. The van der Waals surface area contributed by atoms with E-state index in [4.69, 9.17) is 0 Å². The Morgan fingerprint density at radius 2 is 1.54 bits per heavy atom. The van der Waals surface area contributed by atoms with Crippen LogP contribution in [0.5, 0.6) is 0 Å². The van der Waals surface area contributed by atoms with Crippen LogP contribution in [0.1, 0.15) is 11.1 Å². The molecule has 0 aliphatic rings. The lowest BCUT2D eigenvalue weighted by molar-refractivity contribution is 0.625. The van der Waals surface area contributed by atoms with Gasteiger partial charge in [0.1, 0.15) is 18.0 Å². The van der Waals surface area contributed by atoms with Crippen LogP contribution in [-0.4, -0.2) is 27.3 Å². The summed E-state index contributed by atoms with van der Waals surface area (Å²) in [7, 11) is 0. The second kappa shape index (κ2) is 7.23. The van der Waals surface area contributed by atoms with Crippen LogP contribution >= 0.6 is 0 Å². The Morgan fingerprint density at radius 3 is 2.21 bits per heavy atom. The highest BCUT2D eigenvalue weighted by Crippen LogP contribution is 2.06. The molecule has 0 spiro atoms. The normalized spacial score (nSPS) is 11.4. The molecule has 0 fully saturated rings. The number of rotatable bonds is 5. The van der Waals surface area contributed by atoms with Gasteiger partial charge in [-0.15, -0.1) is 10.2 Å². The second-order valence-electron chi connectivity index (χ2n) is 4.66. The third-order valence-electron chi connectivity index (χ3n) is 3.03. The van der Waals surface area contributed by atoms with Gasteiger partial charge < -0.3 is 0 Å². The van der Waals surface area contributed by atoms with Crippen LogP contribution in [0, 0.1) is 11.6 Å². The van der Waals surface area contributed by atoms with Gasteiger partial charge in [-0.1, -0.05) is 36.4 Å². The maximum absolute atomic E-state index is 13.5. The van der Waals surface area contributed by atoms with Gasteiger partial charge in [-0.3, -0.25) is 0 Å². The first kappa shape index (κ1) is 15.5. The molecule has 0 unspecified atom stereocenters. The van der Waals surface area contributed by atoms with Gasteiger partial charge in [-0.05, 0) is 12.1 Å². The zero-order chi connectivity index (χ0) is 16.8. The number of nitrogens with zero attached hydrogens (tertiary/aromatic N) is 5. The van der Waals surface area contributed by atoms with Crippen molar-refractivity contribution in [1.82, 2.24) is 14.9 Å². The highest BCUT2D eigenvalue weighted by Gasteiger charge is 2.02. The minimum atomic E-state index is -0.388. The highest BCUT2D eigenvalue weighted by atomic mass is 19.1. The second-order valence-corrected chi connectivity index (χ2v) is 4.66. The van der Waals surface area contributed by atoms with Crippen molar-refractivity contribution in [3.8, 4) is 0 Å². The fraction of sp³-hybridized carbons (Fsp3) is 0. The summed E-state index contributed by atoms with van der Waals surface area (Å²) in [5, 5.41) is 15.4. The Hall–Kier alpha value is -3.42. The quantitative estimate of drug-likeness (QED) is 0.579. The van der Waals surface area contributed by atoms with Gasteiger partial charge in [-0.25, -0.2) is 14.2 Å². The van der Waals surface area contributed by atoms with E-state index in [-0.39, 0.29) is 17.6 Å². The largest absolute Gasteiger partial charge is 0.265 e. The molecule has 3 aromatic rings. The average molecular weight is 326 g/mol. The molecule has 8 heteroatoms. The lowest BCUT2D eigenvalue weighted by Gasteiger charge is -2.00. The summed E-state index contributed by atoms with van der Waals surface area (Å²) in [5.74, 6) is -0.571. The molecule has 1 N–H and O–H groups in total. The first-order valence-electron chi connectivity index (χ1n) is 6.96. The van der Waals surface area contributed by atoms with E-state index in [1.165, 1.54) is 35.6 Å². The van der Waals surface area contributed by atoms with Crippen LogP contribution in [0.3, 0.4) is 0 Å². The standard InChI is InChI=1S/C16H12F2N6/c17-14-7-3-1-5-12(14)9-19-22-16-23-20-11-24(16)21-10-13-6-2-4-8-15(13)18/h1-11H,(H,22,23). The van der Waals surface area contributed by atoms with Gasteiger partial charge in [0, 0.05) is 11.1 Å². The third-order valence-corrected chi connectivity index (χ3v) is 3.03. The van der Waals surface area contributed by atoms with E-state index in [0.29, 0.717) is 11.1 Å². The summed E-state index contributed by atoms with van der Waals surface area (Å²) in [5.41, 5.74) is 3.26. The molecule has 0 radical (unpaired) electrons. The Morgan fingerprint density at radius 1 is 0.917 bits per heavy atom. The molecule has 0 amide bonds. The highest BCUT2D eigenvalue weighted by molar-refractivity contribution is 5.80. The van der Waals surface area contributed by atoms with E-state index >= 15 is 0 Å². The minimum Gasteiger partial charge on any atom is -0.244 e. The summed E-state index contributed by atoms with van der Waals surface area (Å²) < 4.78 is 28.3. The minimum absolute atomic E-state index is 0.204. The number of halogens is 2. The summed E-state index contributed by atoms with van der Waals surface area (Å²) in [6, 6.07) is 12.4.